The highest BCUT2D eigenvalue weighted by molar-refractivity contribution is 8.00. The Morgan fingerprint density at radius 1 is 1.38 bits per heavy atom. The second-order valence-corrected chi connectivity index (χ2v) is 9.12. The Balaban J connectivity index is 2.25. The zero-order chi connectivity index (χ0) is 15.6. The van der Waals surface area contributed by atoms with Gasteiger partial charge in [-0.05, 0) is 24.6 Å². The van der Waals surface area contributed by atoms with Crippen molar-refractivity contribution in [2.45, 2.75) is 36.5 Å². The number of benzene rings is 1. The molecule has 1 heterocycles. The number of nitrogens with two attached hydrogens (primary N) is 1. The van der Waals surface area contributed by atoms with Gasteiger partial charge in [0.2, 0.25) is 10.0 Å². The predicted molar refractivity (Wildman–Crippen MR) is 92.2 cm³/mol. The molecule has 1 aromatic carbocycles. The summed E-state index contributed by atoms with van der Waals surface area (Å²) in [7, 11) is -3.43. The van der Waals surface area contributed by atoms with Crippen molar-refractivity contribution < 1.29 is 8.42 Å². The van der Waals surface area contributed by atoms with Crippen molar-refractivity contribution in [3.8, 4) is 0 Å². The van der Waals surface area contributed by atoms with E-state index in [0.29, 0.717) is 28.1 Å². The standard InChI is InChI=1S/C14H20N2O2S3/c1-10-11(2)20-8-7-16(10)21(17,18)13-5-3-12(4-6-13)9-14(15)19/h3-6,10-11H,7-9H2,1-2H3,(H2,15,19). The minimum atomic E-state index is -3.43. The molecule has 0 bridgehead atoms. The maximum Gasteiger partial charge on any atom is 0.243 e. The molecule has 2 rings (SSSR count). The van der Waals surface area contributed by atoms with Gasteiger partial charge in [0.25, 0.3) is 0 Å². The minimum Gasteiger partial charge on any atom is -0.393 e. The Bertz CT molecular complexity index is 614. The molecule has 21 heavy (non-hydrogen) atoms. The summed E-state index contributed by atoms with van der Waals surface area (Å²) in [6, 6.07) is 6.84. The summed E-state index contributed by atoms with van der Waals surface area (Å²) in [6.07, 6.45) is 0.490. The molecule has 1 saturated heterocycles. The first-order valence-electron chi connectivity index (χ1n) is 6.83. The van der Waals surface area contributed by atoms with Gasteiger partial charge in [-0.15, -0.1) is 0 Å². The molecular formula is C14H20N2O2S3. The van der Waals surface area contributed by atoms with Crippen molar-refractivity contribution in [1.82, 2.24) is 4.31 Å². The van der Waals surface area contributed by atoms with Crippen molar-refractivity contribution in [2.75, 3.05) is 12.3 Å². The van der Waals surface area contributed by atoms with Crippen molar-refractivity contribution >= 4 is 39.0 Å². The maximum absolute atomic E-state index is 12.7. The molecule has 2 unspecified atom stereocenters. The molecule has 0 spiro atoms. The first kappa shape index (κ1) is 16.7. The van der Waals surface area contributed by atoms with E-state index in [1.165, 1.54) is 0 Å². The van der Waals surface area contributed by atoms with Crippen molar-refractivity contribution in [2.24, 2.45) is 5.73 Å². The van der Waals surface area contributed by atoms with Crippen molar-refractivity contribution in [3.63, 3.8) is 0 Å². The summed E-state index contributed by atoms with van der Waals surface area (Å²) >= 11 is 6.68. The van der Waals surface area contributed by atoms with E-state index in [1.807, 2.05) is 18.7 Å². The van der Waals surface area contributed by atoms with Crippen LogP contribution in [-0.2, 0) is 16.4 Å². The van der Waals surface area contributed by atoms with Crippen LogP contribution in [0, 0.1) is 0 Å². The van der Waals surface area contributed by atoms with Crippen LogP contribution < -0.4 is 5.73 Å². The largest absolute Gasteiger partial charge is 0.393 e. The Hall–Kier alpha value is -0.630. The van der Waals surface area contributed by atoms with Gasteiger partial charge in [0.15, 0.2) is 0 Å². The average molecular weight is 345 g/mol. The molecule has 0 saturated carbocycles. The number of hydrogen-bond acceptors (Lipinski definition) is 4. The molecule has 0 radical (unpaired) electrons. The molecule has 1 aliphatic heterocycles. The summed E-state index contributed by atoms with van der Waals surface area (Å²) in [5, 5.41) is 0.308. The molecule has 0 amide bonds. The van der Waals surface area contributed by atoms with E-state index in [-0.39, 0.29) is 6.04 Å². The lowest BCUT2D eigenvalue weighted by Gasteiger charge is -2.36. The molecule has 1 aromatic rings. The molecular weight excluding hydrogens is 324 g/mol. The normalized spacial score (nSPS) is 23.9. The summed E-state index contributed by atoms with van der Waals surface area (Å²) in [5.74, 6) is 0.838. The van der Waals surface area contributed by atoms with E-state index in [0.717, 1.165) is 11.3 Å². The predicted octanol–water partition coefficient (Wildman–Crippen LogP) is 2.03. The molecule has 1 aliphatic rings. The number of hydrogen-bond donors (Lipinski definition) is 1. The molecule has 2 atom stereocenters. The summed E-state index contributed by atoms with van der Waals surface area (Å²) in [6.45, 7) is 4.60. The van der Waals surface area contributed by atoms with Gasteiger partial charge in [0, 0.05) is 30.0 Å². The average Bonchev–Trinajstić information content (AvgIpc) is 2.41. The fourth-order valence-corrected chi connectivity index (χ4v) is 5.52. The Kier molecular flexibility index (Phi) is 5.29. The third-order valence-electron chi connectivity index (χ3n) is 3.73. The molecule has 1 fully saturated rings. The van der Waals surface area contributed by atoms with Gasteiger partial charge in [0.05, 0.1) is 9.88 Å². The van der Waals surface area contributed by atoms with Gasteiger partial charge in [-0.2, -0.15) is 16.1 Å². The number of nitrogens with zero attached hydrogens (tertiary/aromatic N) is 1. The Morgan fingerprint density at radius 3 is 2.57 bits per heavy atom. The van der Waals surface area contributed by atoms with Gasteiger partial charge < -0.3 is 5.73 Å². The van der Waals surface area contributed by atoms with Crippen LogP contribution in [-0.4, -0.2) is 41.3 Å². The first-order chi connectivity index (χ1) is 9.82. The van der Waals surface area contributed by atoms with Gasteiger partial charge >= 0.3 is 0 Å². The van der Waals surface area contributed by atoms with Crippen LogP contribution in [0.4, 0.5) is 0 Å². The van der Waals surface area contributed by atoms with E-state index in [9.17, 15) is 8.42 Å². The van der Waals surface area contributed by atoms with E-state index in [1.54, 1.807) is 28.6 Å². The zero-order valence-electron chi connectivity index (χ0n) is 12.2. The minimum absolute atomic E-state index is 0.00467. The molecule has 4 nitrogen and oxygen atoms in total. The highest BCUT2D eigenvalue weighted by atomic mass is 32.2. The second kappa shape index (κ2) is 6.64. The maximum atomic E-state index is 12.7. The monoisotopic (exact) mass is 344 g/mol. The van der Waals surface area contributed by atoms with E-state index in [2.05, 4.69) is 6.92 Å². The van der Waals surface area contributed by atoms with Gasteiger partial charge in [-0.1, -0.05) is 31.3 Å². The highest BCUT2D eigenvalue weighted by Crippen LogP contribution is 2.29. The summed E-state index contributed by atoms with van der Waals surface area (Å²) in [5.41, 5.74) is 6.43. The van der Waals surface area contributed by atoms with Crippen LogP contribution in [0.2, 0.25) is 0 Å². The molecule has 2 N–H and O–H groups in total. The van der Waals surface area contributed by atoms with Crippen molar-refractivity contribution in [3.05, 3.63) is 29.8 Å². The lowest BCUT2D eigenvalue weighted by atomic mass is 10.1. The van der Waals surface area contributed by atoms with Gasteiger partial charge in [0.1, 0.15) is 0 Å². The van der Waals surface area contributed by atoms with E-state index >= 15 is 0 Å². The highest BCUT2D eigenvalue weighted by Gasteiger charge is 2.34. The van der Waals surface area contributed by atoms with Crippen molar-refractivity contribution in [1.29, 1.82) is 0 Å². The SMILES string of the molecule is CC1SCCN(S(=O)(=O)c2ccc(CC(N)=S)cc2)C1C. The number of rotatable bonds is 4. The molecule has 116 valence electrons. The third-order valence-corrected chi connectivity index (χ3v) is 7.22. The topological polar surface area (TPSA) is 63.4 Å². The van der Waals surface area contributed by atoms with Crippen LogP contribution in [0.1, 0.15) is 19.4 Å². The van der Waals surface area contributed by atoms with Crippen LogP contribution in [0.3, 0.4) is 0 Å². The molecule has 0 aliphatic carbocycles. The molecule has 7 heteroatoms. The van der Waals surface area contributed by atoms with E-state index < -0.39 is 10.0 Å². The van der Waals surface area contributed by atoms with Gasteiger partial charge in [-0.3, -0.25) is 0 Å². The third kappa shape index (κ3) is 3.77. The lowest BCUT2D eigenvalue weighted by Crippen LogP contribution is -2.47. The first-order valence-corrected chi connectivity index (χ1v) is 9.73. The summed E-state index contributed by atoms with van der Waals surface area (Å²) in [4.78, 5) is 0.737. The van der Waals surface area contributed by atoms with Crippen LogP contribution >= 0.6 is 24.0 Å². The van der Waals surface area contributed by atoms with Crippen LogP contribution in [0.25, 0.3) is 0 Å². The lowest BCUT2D eigenvalue weighted by molar-refractivity contribution is 0.340. The van der Waals surface area contributed by atoms with Crippen LogP contribution in [0.5, 0.6) is 0 Å². The molecule has 0 aromatic heterocycles. The van der Waals surface area contributed by atoms with Gasteiger partial charge in [-0.25, -0.2) is 8.42 Å². The van der Waals surface area contributed by atoms with E-state index in [4.69, 9.17) is 18.0 Å². The number of thiocarbonyl (C=S) groups is 1. The smallest absolute Gasteiger partial charge is 0.243 e. The quantitative estimate of drug-likeness (QED) is 0.847. The fourth-order valence-electron chi connectivity index (χ4n) is 2.36. The van der Waals surface area contributed by atoms with Crippen LogP contribution in [0.15, 0.2) is 29.2 Å². The number of sulfonamides is 1. The Morgan fingerprint density at radius 2 is 2.00 bits per heavy atom. The number of thioether (sulfide) groups is 1. The summed E-state index contributed by atoms with van der Waals surface area (Å²) < 4.78 is 27.1. The fraction of sp³-hybridized carbons (Fsp3) is 0.500. The Labute approximate surface area is 136 Å². The zero-order valence-corrected chi connectivity index (χ0v) is 14.6. The second-order valence-electron chi connectivity index (χ2n) is 5.22.